The molecule has 0 fully saturated rings. The zero-order valence-corrected chi connectivity index (χ0v) is 14.9. The lowest BCUT2D eigenvalue weighted by molar-refractivity contribution is 0.443. The molecule has 1 rings (SSSR count). The highest BCUT2D eigenvalue weighted by atomic mass is 35.5. The molecule has 1 nitrogen and oxygen atoms in total. The van der Waals surface area contributed by atoms with Gasteiger partial charge in [0.25, 0.3) is 0 Å². The number of allylic oxidation sites excluding steroid dienone is 4. The van der Waals surface area contributed by atoms with Crippen molar-refractivity contribution < 1.29 is 4.74 Å². The monoisotopic (exact) mass is 318 g/mol. The molecule has 1 aromatic carbocycles. The Morgan fingerprint density at radius 3 is 2.68 bits per heavy atom. The van der Waals surface area contributed by atoms with Gasteiger partial charge in [0, 0.05) is 0 Å². The van der Waals surface area contributed by atoms with Gasteiger partial charge in [-0.2, -0.15) is 0 Å². The molecule has 0 aliphatic rings. The summed E-state index contributed by atoms with van der Waals surface area (Å²) in [5, 5.41) is 0.524. The average Bonchev–Trinajstić information content (AvgIpc) is 2.50. The summed E-state index contributed by atoms with van der Waals surface area (Å²) in [7, 11) is 0. The van der Waals surface area contributed by atoms with E-state index in [1.165, 1.54) is 11.1 Å². The number of halogens is 1. The molecule has 0 aliphatic heterocycles. The number of hydrogen-bond acceptors (Lipinski definition) is 1. The Labute approximate surface area is 140 Å². The molecule has 1 atom stereocenters. The van der Waals surface area contributed by atoms with Gasteiger partial charge in [-0.1, -0.05) is 63.6 Å². The fourth-order valence-electron chi connectivity index (χ4n) is 2.18. The molecular weight excluding hydrogens is 292 g/mol. The SMILES string of the molecule is C=C(Oc1ccc(C(C)CC)c(C)c1)/C(Cl)=C\C=C/CCC. The van der Waals surface area contributed by atoms with E-state index >= 15 is 0 Å². The molecule has 0 aliphatic carbocycles. The minimum atomic E-state index is 0.471. The molecule has 22 heavy (non-hydrogen) atoms. The number of unbranched alkanes of at least 4 members (excludes halogenated alkanes) is 1. The van der Waals surface area contributed by atoms with E-state index in [2.05, 4.69) is 46.4 Å². The molecule has 0 radical (unpaired) electrons. The van der Waals surface area contributed by atoms with Gasteiger partial charge in [-0.15, -0.1) is 0 Å². The van der Waals surface area contributed by atoms with Gasteiger partial charge in [-0.05, 0) is 55.0 Å². The summed E-state index contributed by atoms with van der Waals surface area (Å²) in [5.41, 5.74) is 2.60. The summed E-state index contributed by atoms with van der Waals surface area (Å²) < 4.78 is 5.75. The van der Waals surface area contributed by atoms with Crippen LogP contribution in [0.2, 0.25) is 0 Å². The molecule has 0 heterocycles. The maximum absolute atomic E-state index is 6.19. The molecule has 0 bridgehead atoms. The van der Waals surface area contributed by atoms with Gasteiger partial charge in [-0.25, -0.2) is 0 Å². The van der Waals surface area contributed by atoms with Crippen molar-refractivity contribution in [2.24, 2.45) is 0 Å². The van der Waals surface area contributed by atoms with E-state index < -0.39 is 0 Å². The van der Waals surface area contributed by atoms with Crippen LogP contribution in [-0.2, 0) is 0 Å². The third kappa shape index (κ3) is 5.73. The fourth-order valence-corrected chi connectivity index (χ4v) is 2.30. The maximum Gasteiger partial charge on any atom is 0.138 e. The van der Waals surface area contributed by atoms with Gasteiger partial charge in [0.1, 0.15) is 11.5 Å². The largest absolute Gasteiger partial charge is 0.456 e. The Morgan fingerprint density at radius 1 is 1.36 bits per heavy atom. The van der Waals surface area contributed by atoms with E-state index in [1.54, 1.807) is 0 Å². The van der Waals surface area contributed by atoms with Crippen LogP contribution in [0.5, 0.6) is 5.75 Å². The van der Waals surface area contributed by atoms with Crippen molar-refractivity contribution in [1.29, 1.82) is 0 Å². The van der Waals surface area contributed by atoms with Gasteiger partial charge in [-0.3, -0.25) is 0 Å². The minimum absolute atomic E-state index is 0.471. The molecule has 0 aromatic heterocycles. The first-order valence-electron chi connectivity index (χ1n) is 7.99. The smallest absolute Gasteiger partial charge is 0.138 e. The number of ether oxygens (including phenoxy) is 1. The second-order valence-corrected chi connectivity index (χ2v) is 5.99. The first kappa shape index (κ1) is 18.6. The van der Waals surface area contributed by atoms with E-state index in [-0.39, 0.29) is 0 Å². The Kier molecular flexibility index (Phi) is 8.05. The number of aryl methyl sites for hydroxylation is 1. The lowest BCUT2D eigenvalue weighted by Crippen LogP contribution is -1.98. The van der Waals surface area contributed by atoms with Crippen molar-refractivity contribution in [1.82, 2.24) is 0 Å². The molecule has 0 spiro atoms. The summed E-state index contributed by atoms with van der Waals surface area (Å²) in [6, 6.07) is 6.16. The number of hydrogen-bond donors (Lipinski definition) is 0. The Morgan fingerprint density at radius 2 is 2.09 bits per heavy atom. The average molecular weight is 319 g/mol. The highest BCUT2D eigenvalue weighted by Gasteiger charge is 2.08. The van der Waals surface area contributed by atoms with Crippen LogP contribution in [0.1, 0.15) is 57.1 Å². The summed E-state index contributed by atoms with van der Waals surface area (Å²) >= 11 is 6.19. The summed E-state index contributed by atoms with van der Waals surface area (Å²) in [4.78, 5) is 0. The molecule has 1 aromatic rings. The molecule has 0 amide bonds. The van der Waals surface area contributed by atoms with Crippen LogP contribution in [0.3, 0.4) is 0 Å². The molecule has 0 N–H and O–H groups in total. The van der Waals surface area contributed by atoms with E-state index in [1.807, 2.05) is 24.3 Å². The first-order chi connectivity index (χ1) is 10.5. The van der Waals surface area contributed by atoms with Crippen molar-refractivity contribution in [2.45, 2.75) is 52.9 Å². The fraction of sp³-hybridized carbons (Fsp3) is 0.400. The van der Waals surface area contributed by atoms with Gasteiger partial charge >= 0.3 is 0 Å². The van der Waals surface area contributed by atoms with Crippen molar-refractivity contribution in [3.8, 4) is 5.75 Å². The van der Waals surface area contributed by atoms with Crippen molar-refractivity contribution >= 4 is 11.6 Å². The Balaban J connectivity index is 2.74. The third-order valence-corrected chi connectivity index (χ3v) is 4.06. The molecule has 120 valence electrons. The number of benzene rings is 1. The van der Waals surface area contributed by atoms with Gasteiger partial charge in [0.2, 0.25) is 0 Å². The molecular formula is C20H27ClO. The van der Waals surface area contributed by atoms with Crippen LogP contribution in [0, 0.1) is 6.92 Å². The second-order valence-electron chi connectivity index (χ2n) is 5.58. The summed E-state index contributed by atoms with van der Waals surface area (Å²) in [6.07, 6.45) is 9.15. The topological polar surface area (TPSA) is 9.23 Å². The van der Waals surface area contributed by atoms with Crippen LogP contribution in [-0.4, -0.2) is 0 Å². The lowest BCUT2D eigenvalue weighted by Gasteiger charge is -2.14. The van der Waals surface area contributed by atoms with Gasteiger partial charge < -0.3 is 4.74 Å². The second kappa shape index (κ2) is 9.53. The molecule has 2 heteroatoms. The van der Waals surface area contributed by atoms with Crippen LogP contribution >= 0.6 is 11.6 Å². The Hall–Kier alpha value is -1.47. The van der Waals surface area contributed by atoms with Gasteiger partial charge in [0.15, 0.2) is 0 Å². The van der Waals surface area contributed by atoms with E-state index in [4.69, 9.17) is 16.3 Å². The highest BCUT2D eigenvalue weighted by Crippen LogP contribution is 2.27. The van der Waals surface area contributed by atoms with Crippen LogP contribution in [0.25, 0.3) is 0 Å². The van der Waals surface area contributed by atoms with E-state index in [9.17, 15) is 0 Å². The molecule has 1 unspecified atom stereocenters. The van der Waals surface area contributed by atoms with Crippen LogP contribution < -0.4 is 4.74 Å². The first-order valence-corrected chi connectivity index (χ1v) is 8.37. The third-order valence-electron chi connectivity index (χ3n) is 3.73. The predicted molar refractivity (Wildman–Crippen MR) is 97.6 cm³/mol. The zero-order valence-electron chi connectivity index (χ0n) is 14.2. The summed E-state index contributed by atoms with van der Waals surface area (Å²) in [6.45, 7) is 12.6. The quantitative estimate of drug-likeness (QED) is 0.375. The minimum Gasteiger partial charge on any atom is -0.456 e. The van der Waals surface area contributed by atoms with Crippen molar-refractivity contribution in [2.75, 3.05) is 0 Å². The summed E-state index contributed by atoms with van der Waals surface area (Å²) in [5.74, 6) is 1.81. The Bertz CT molecular complexity index is 555. The molecule has 0 saturated carbocycles. The normalized spacial score (nSPS) is 13.4. The van der Waals surface area contributed by atoms with Crippen LogP contribution in [0.15, 0.2) is 53.8 Å². The van der Waals surface area contributed by atoms with E-state index in [0.717, 1.165) is 25.0 Å². The lowest BCUT2D eigenvalue weighted by atomic mass is 9.94. The zero-order chi connectivity index (χ0) is 16.5. The predicted octanol–water partition coefficient (Wildman–Crippen LogP) is 6.88. The number of rotatable bonds is 8. The molecule has 0 saturated heterocycles. The van der Waals surface area contributed by atoms with Crippen LogP contribution in [0.4, 0.5) is 0 Å². The van der Waals surface area contributed by atoms with E-state index in [0.29, 0.717) is 16.7 Å². The maximum atomic E-state index is 6.19. The standard InChI is InChI=1S/C20H27ClO/c1-6-8-9-10-11-20(21)17(5)22-18-12-13-19(15(3)7-2)16(4)14-18/h9-15H,5-8H2,1-4H3/b10-9-,20-11+. The highest BCUT2D eigenvalue weighted by molar-refractivity contribution is 6.31. The van der Waals surface area contributed by atoms with Gasteiger partial charge in [0.05, 0.1) is 5.03 Å². The van der Waals surface area contributed by atoms with Crippen molar-refractivity contribution in [3.63, 3.8) is 0 Å². The van der Waals surface area contributed by atoms with Crippen molar-refractivity contribution in [3.05, 3.63) is 64.9 Å².